The van der Waals surface area contributed by atoms with E-state index < -0.39 is 0 Å². The van der Waals surface area contributed by atoms with Crippen molar-refractivity contribution in [2.45, 2.75) is 38.5 Å². The van der Waals surface area contributed by atoms with Gasteiger partial charge < -0.3 is 10.6 Å². The van der Waals surface area contributed by atoms with Gasteiger partial charge in [0.15, 0.2) is 0 Å². The first kappa shape index (κ1) is 18.6. The van der Waals surface area contributed by atoms with E-state index in [1.807, 2.05) is 30.3 Å². The van der Waals surface area contributed by atoms with Gasteiger partial charge in [0.2, 0.25) is 5.91 Å². The Labute approximate surface area is 162 Å². The molecule has 3 rings (SSSR count). The molecule has 0 unspecified atom stereocenters. The van der Waals surface area contributed by atoms with Gasteiger partial charge in [0, 0.05) is 23.0 Å². The molecule has 3 nitrogen and oxygen atoms in total. The fourth-order valence-corrected chi connectivity index (χ4v) is 4.46. The van der Waals surface area contributed by atoms with Crippen molar-refractivity contribution >= 4 is 51.8 Å². The molecule has 1 fully saturated rings. The van der Waals surface area contributed by atoms with Gasteiger partial charge in [-0.25, -0.2) is 0 Å². The van der Waals surface area contributed by atoms with Crippen molar-refractivity contribution in [1.29, 1.82) is 0 Å². The average Bonchev–Trinajstić information content (AvgIpc) is 3.03. The van der Waals surface area contributed by atoms with Crippen LogP contribution in [0.15, 0.2) is 30.3 Å². The molecule has 1 aliphatic carbocycles. The third kappa shape index (κ3) is 5.37. The molecule has 2 aromatic rings. The first-order valence-electron chi connectivity index (χ1n) is 8.70. The largest absolute Gasteiger partial charge is 0.385 e. The minimum absolute atomic E-state index is 0.0943. The molecule has 6 heteroatoms. The summed E-state index contributed by atoms with van der Waals surface area (Å²) in [6, 6.07) is 9.64. The molecule has 0 atom stereocenters. The number of benzene rings is 1. The number of carbonyl (C=O) groups excluding carboxylic acids is 1. The van der Waals surface area contributed by atoms with Crippen LogP contribution >= 0.6 is 34.5 Å². The highest BCUT2D eigenvalue weighted by Crippen LogP contribution is 2.29. The summed E-state index contributed by atoms with van der Waals surface area (Å²) < 4.78 is 0.816. The van der Waals surface area contributed by atoms with Gasteiger partial charge in [-0.2, -0.15) is 0 Å². The maximum absolute atomic E-state index is 12.3. The highest BCUT2D eigenvalue weighted by molar-refractivity contribution is 7.16. The van der Waals surface area contributed by atoms with E-state index in [1.54, 1.807) is 11.3 Å². The van der Waals surface area contributed by atoms with Crippen molar-refractivity contribution < 1.29 is 4.79 Å². The van der Waals surface area contributed by atoms with Crippen LogP contribution in [0.5, 0.6) is 0 Å². The molecule has 1 aromatic carbocycles. The van der Waals surface area contributed by atoms with Crippen LogP contribution in [0.25, 0.3) is 0 Å². The van der Waals surface area contributed by atoms with Gasteiger partial charge in [-0.3, -0.25) is 4.79 Å². The van der Waals surface area contributed by atoms with Crippen molar-refractivity contribution in [2.24, 2.45) is 5.92 Å². The summed E-state index contributed by atoms with van der Waals surface area (Å²) in [7, 11) is 0. The van der Waals surface area contributed by atoms with Gasteiger partial charge >= 0.3 is 0 Å². The predicted octanol–water partition coefficient (Wildman–Crippen LogP) is 6.23. The van der Waals surface area contributed by atoms with Crippen LogP contribution in [0.2, 0.25) is 9.36 Å². The zero-order chi connectivity index (χ0) is 17.6. The first-order chi connectivity index (χ1) is 12.1. The Morgan fingerprint density at radius 1 is 1.12 bits per heavy atom. The number of anilines is 2. The summed E-state index contributed by atoms with van der Waals surface area (Å²) in [6.07, 6.45) is 6.40. The van der Waals surface area contributed by atoms with Crippen molar-refractivity contribution in [1.82, 2.24) is 0 Å². The summed E-state index contributed by atoms with van der Waals surface area (Å²) in [6.45, 7) is 0.806. The van der Waals surface area contributed by atoms with E-state index in [0.29, 0.717) is 10.7 Å². The monoisotopic (exact) mass is 396 g/mol. The van der Waals surface area contributed by atoms with Gasteiger partial charge in [0.05, 0.1) is 15.0 Å². The zero-order valence-corrected chi connectivity index (χ0v) is 16.3. The number of halogens is 2. The molecule has 1 saturated carbocycles. The van der Waals surface area contributed by atoms with E-state index in [-0.39, 0.29) is 11.8 Å². The molecule has 1 aromatic heterocycles. The van der Waals surface area contributed by atoms with E-state index >= 15 is 0 Å². The van der Waals surface area contributed by atoms with Crippen LogP contribution in [-0.4, -0.2) is 12.5 Å². The molecule has 0 radical (unpaired) electrons. The minimum atomic E-state index is 0.0943. The Bertz CT molecular complexity index is 726. The van der Waals surface area contributed by atoms with E-state index in [0.717, 1.165) is 48.7 Å². The molecule has 1 amide bonds. The number of rotatable bonds is 6. The number of amides is 1. The maximum atomic E-state index is 12.3. The summed E-state index contributed by atoms with van der Waals surface area (Å²) in [5.41, 5.74) is 1.64. The number of hydrogen-bond acceptors (Lipinski definition) is 3. The van der Waals surface area contributed by atoms with Crippen LogP contribution in [0, 0.1) is 5.92 Å². The van der Waals surface area contributed by atoms with Crippen LogP contribution in [0.4, 0.5) is 11.4 Å². The summed E-state index contributed by atoms with van der Waals surface area (Å²) in [5.74, 6) is 0.220. The predicted molar refractivity (Wildman–Crippen MR) is 108 cm³/mol. The lowest BCUT2D eigenvalue weighted by Gasteiger charge is -2.21. The van der Waals surface area contributed by atoms with Gasteiger partial charge in [-0.15, -0.1) is 11.3 Å². The Kier molecular flexibility index (Phi) is 6.63. The van der Waals surface area contributed by atoms with Crippen LogP contribution in [-0.2, 0) is 11.2 Å². The van der Waals surface area contributed by atoms with E-state index in [2.05, 4.69) is 10.6 Å². The third-order valence-corrected chi connectivity index (χ3v) is 6.14. The molecule has 0 aliphatic heterocycles. The second-order valence-electron chi connectivity index (χ2n) is 6.40. The van der Waals surface area contributed by atoms with Crippen molar-refractivity contribution in [3.8, 4) is 0 Å². The molecule has 2 N–H and O–H groups in total. The topological polar surface area (TPSA) is 41.1 Å². The number of carbonyl (C=O) groups is 1. The number of thiophene rings is 1. The molecule has 1 aliphatic rings. The fourth-order valence-electron chi connectivity index (χ4n) is 3.14. The van der Waals surface area contributed by atoms with Gasteiger partial charge in [0.1, 0.15) is 0 Å². The molecule has 134 valence electrons. The Morgan fingerprint density at radius 3 is 2.60 bits per heavy atom. The quantitative estimate of drug-likeness (QED) is 0.607. The maximum Gasteiger partial charge on any atom is 0.227 e. The van der Waals surface area contributed by atoms with Crippen LogP contribution in [0.3, 0.4) is 0 Å². The molecular weight excluding hydrogens is 375 g/mol. The van der Waals surface area contributed by atoms with Gasteiger partial charge in [-0.1, -0.05) is 42.5 Å². The zero-order valence-electron chi connectivity index (χ0n) is 14.0. The van der Waals surface area contributed by atoms with E-state index in [1.165, 1.54) is 11.3 Å². The average molecular weight is 397 g/mol. The van der Waals surface area contributed by atoms with Gasteiger partial charge in [0.25, 0.3) is 0 Å². The SMILES string of the molecule is O=C(Nc1ccc(NCCc2ccc(Cl)s2)cc1Cl)C1CCCCC1. The Hall–Kier alpha value is -1.23. The van der Waals surface area contributed by atoms with Crippen molar-refractivity contribution in [2.75, 3.05) is 17.2 Å². The van der Waals surface area contributed by atoms with Crippen LogP contribution in [0.1, 0.15) is 37.0 Å². The van der Waals surface area contributed by atoms with Gasteiger partial charge in [-0.05, 0) is 49.6 Å². The summed E-state index contributed by atoms with van der Waals surface area (Å²) >= 11 is 13.9. The number of nitrogens with one attached hydrogen (secondary N) is 2. The number of hydrogen-bond donors (Lipinski definition) is 2. The standard InChI is InChI=1S/C19H22Cl2N2OS/c20-16-12-14(22-11-10-15-7-9-18(21)25-15)6-8-17(16)23-19(24)13-4-2-1-3-5-13/h6-9,12-13,22H,1-5,10-11H2,(H,23,24). The van der Waals surface area contributed by atoms with Crippen molar-refractivity contribution in [3.05, 3.63) is 44.6 Å². The molecule has 25 heavy (non-hydrogen) atoms. The lowest BCUT2D eigenvalue weighted by molar-refractivity contribution is -0.120. The Balaban J connectivity index is 1.52. The summed E-state index contributed by atoms with van der Waals surface area (Å²) in [5, 5.41) is 6.90. The second-order valence-corrected chi connectivity index (χ2v) is 8.61. The lowest BCUT2D eigenvalue weighted by Crippen LogP contribution is -2.24. The van der Waals surface area contributed by atoms with Crippen molar-refractivity contribution in [3.63, 3.8) is 0 Å². The highest BCUT2D eigenvalue weighted by Gasteiger charge is 2.21. The second kappa shape index (κ2) is 8.93. The summed E-state index contributed by atoms with van der Waals surface area (Å²) in [4.78, 5) is 13.6. The molecule has 1 heterocycles. The smallest absolute Gasteiger partial charge is 0.227 e. The molecule has 0 saturated heterocycles. The normalized spacial score (nSPS) is 15.1. The first-order valence-corrected chi connectivity index (χ1v) is 10.3. The van der Waals surface area contributed by atoms with E-state index in [4.69, 9.17) is 23.2 Å². The minimum Gasteiger partial charge on any atom is -0.385 e. The molecule has 0 bridgehead atoms. The van der Waals surface area contributed by atoms with E-state index in [9.17, 15) is 4.79 Å². The lowest BCUT2D eigenvalue weighted by atomic mass is 9.88. The molecule has 0 spiro atoms. The molecular formula is C19H22Cl2N2OS. The van der Waals surface area contributed by atoms with Crippen LogP contribution < -0.4 is 10.6 Å². The third-order valence-electron chi connectivity index (χ3n) is 4.53. The fraction of sp³-hybridized carbons (Fsp3) is 0.421. The Morgan fingerprint density at radius 2 is 1.92 bits per heavy atom. The highest BCUT2D eigenvalue weighted by atomic mass is 35.5.